The van der Waals surface area contributed by atoms with Gasteiger partial charge in [-0.3, -0.25) is 9.59 Å². The van der Waals surface area contributed by atoms with Crippen LogP contribution in [0.15, 0.2) is 60.7 Å². The third-order valence-corrected chi connectivity index (χ3v) is 4.31. The Morgan fingerprint density at radius 1 is 1.12 bits per heavy atom. The molecule has 0 aromatic heterocycles. The first kappa shape index (κ1) is 17.0. The molecular formula is C20H22N2O3. The van der Waals surface area contributed by atoms with E-state index in [9.17, 15) is 9.59 Å². The van der Waals surface area contributed by atoms with Crippen LogP contribution >= 0.6 is 0 Å². The van der Waals surface area contributed by atoms with E-state index in [2.05, 4.69) is 10.6 Å². The Hall–Kier alpha value is -2.82. The maximum absolute atomic E-state index is 12.6. The molecular weight excluding hydrogens is 316 g/mol. The summed E-state index contributed by atoms with van der Waals surface area (Å²) in [7, 11) is 0. The van der Waals surface area contributed by atoms with Crippen molar-refractivity contribution in [2.24, 2.45) is 5.92 Å². The molecule has 1 aliphatic rings. The standard InChI is InChI=1S/C20H22N2O3/c23-19-12-11-16(13-21-19)20(24)22-18(15-7-3-1-4-8-15)14-25-17-9-5-2-6-10-17/h1-10,16,18H,11-14H2,(H,21,23)(H,22,24)/t16-,18-/m0/s1. The molecule has 2 N–H and O–H groups in total. The first-order valence-corrected chi connectivity index (χ1v) is 8.52. The average Bonchev–Trinajstić information content (AvgIpc) is 2.67. The van der Waals surface area contributed by atoms with Crippen LogP contribution in [0.4, 0.5) is 0 Å². The van der Waals surface area contributed by atoms with Gasteiger partial charge in [0, 0.05) is 13.0 Å². The highest BCUT2D eigenvalue weighted by Crippen LogP contribution is 2.18. The van der Waals surface area contributed by atoms with Gasteiger partial charge in [0.05, 0.1) is 12.0 Å². The van der Waals surface area contributed by atoms with Crippen LogP contribution in [-0.4, -0.2) is 25.0 Å². The zero-order valence-corrected chi connectivity index (χ0v) is 14.0. The number of ether oxygens (including phenoxy) is 1. The van der Waals surface area contributed by atoms with E-state index in [1.165, 1.54) is 0 Å². The summed E-state index contributed by atoms with van der Waals surface area (Å²) in [5.74, 6) is 0.532. The topological polar surface area (TPSA) is 67.4 Å². The van der Waals surface area contributed by atoms with E-state index < -0.39 is 0 Å². The van der Waals surface area contributed by atoms with Gasteiger partial charge < -0.3 is 15.4 Å². The molecule has 130 valence electrons. The Bertz CT molecular complexity index is 693. The second kappa shape index (κ2) is 8.33. The first-order valence-electron chi connectivity index (χ1n) is 8.52. The van der Waals surface area contributed by atoms with E-state index in [0.717, 1.165) is 11.3 Å². The van der Waals surface area contributed by atoms with Crippen LogP contribution in [0, 0.1) is 5.92 Å². The van der Waals surface area contributed by atoms with E-state index in [0.29, 0.717) is 26.0 Å². The van der Waals surface area contributed by atoms with Gasteiger partial charge in [0.1, 0.15) is 12.4 Å². The lowest BCUT2D eigenvalue weighted by atomic mass is 9.97. The number of hydrogen-bond donors (Lipinski definition) is 2. The normalized spacial score (nSPS) is 18.1. The molecule has 0 unspecified atom stereocenters. The maximum Gasteiger partial charge on any atom is 0.225 e. The summed E-state index contributed by atoms with van der Waals surface area (Å²) in [5, 5.41) is 5.83. The Morgan fingerprint density at radius 2 is 1.80 bits per heavy atom. The minimum absolute atomic E-state index is 0.0103. The van der Waals surface area contributed by atoms with Crippen LogP contribution < -0.4 is 15.4 Å². The molecule has 0 saturated carbocycles. The Balaban J connectivity index is 1.66. The highest BCUT2D eigenvalue weighted by molar-refractivity contribution is 5.83. The molecule has 0 spiro atoms. The van der Waals surface area contributed by atoms with Gasteiger partial charge in [-0.15, -0.1) is 0 Å². The first-order chi connectivity index (χ1) is 12.2. The lowest BCUT2D eigenvalue weighted by molar-refractivity contribution is -0.129. The summed E-state index contributed by atoms with van der Waals surface area (Å²) >= 11 is 0. The van der Waals surface area contributed by atoms with Crippen LogP contribution in [-0.2, 0) is 9.59 Å². The lowest BCUT2D eigenvalue weighted by Crippen LogP contribution is -2.44. The predicted molar refractivity (Wildman–Crippen MR) is 95.0 cm³/mol. The van der Waals surface area contributed by atoms with Crippen molar-refractivity contribution >= 4 is 11.8 Å². The largest absolute Gasteiger partial charge is 0.491 e. The van der Waals surface area contributed by atoms with Gasteiger partial charge in [-0.1, -0.05) is 48.5 Å². The molecule has 5 nitrogen and oxygen atoms in total. The molecule has 25 heavy (non-hydrogen) atoms. The van der Waals surface area contributed by atoms with E-state index >= 15 is 0 Å². The quantitative estimate of drug-likeness (QED) is 0.850. The highest BCUT2D eigenvalue weighted by atomic mass is 16.5. The number of rotatable bonds is 6. The van der Waals surface area contributed by atoms with Crippen molar-refractivity contribution in [1.82, 2.24) is 10.6 Å². The third kappa shape index (κ3) is 4.83. The fourth-order valence-corrected chi connectivity index (χ4v) is 2.85. The van der Waals surface area contributed by atoms with Crippen LogP contribution in [0.1, 0.15) is 24.4 Å². The smallest absolute Gasteiger partial charge is 0.225 e. The minimum atomic E-state index is -0.244. The predicted octanol–water partition coefficient (Wildman–Crippen LogP) is 2.45. The van der Waals surface area contributed by atoms with Crippen LogP contribution in [0.25, 0.3) is 0 Å². The number of piperidine rings is 1. The van der Waals surface area contributed by atoms with Gasteiger partial charge in [-0.25, -0.2) is 0 Å². The number of hydrogen-bond acceptors (Lipinski definition) is 3. The number of para-hydroxylation sites is 1. The van der Waals surface area contributed by atoms with E-state index in [1.807, 2.05) is 60.7 Å². The molecule has 2 aromatic carbocycles. The molecule has 2 aromatic rings. The molecule has 5 heteroatoms. The summed E-state index contributed by atoms with van der Waals surface area (Å²) in [4.78, 5) is 23.9. The van der Waals surface area contributed by atoms with Crippen molar-refractivity contribution in [2.45, 2.75) is 18.9 Å². The van der Waals surface area contributed by atoms with Gasteiger partial charge in [-0.05, 0) is 24.1 Å². The van der Waals surface area contributed by atoms with Gasteiger partial charge in [-0.2, -0.15) is 0 Å². The molecule has 1 fully saturated rings. The van der Waals surface area contributed by atoms with Crippen LogP contribution in [0.5, 0.6) is 5.75 Å². The van der Waals surface area contributed by atoms with Crippen LogP contribution in [0.2, 0.25) is 0 Å². The van der Waals surface area contributed by atoms with Crippen molar-refractivity contribution in [1.29, 1.82) is 0 Å². The fraction of sp³-hybridized carbons (Fsp3) is 0.300. The monoisotopic (exact) mass is 338 g/mol. The van der Waals surface area contributed by atoms with Gasteiger partial charge in [0.25, 0.3) is 0 Å². The maximum atomic E-state index is 12.6. The van der Waals surface area contributed by atoms with Crippen molar-refractivity contribution in [3.8, 4) is 5.75 Å². The zero-order chi connectivity index (χ0) is 17.5. The summed E-state index contributed by atoms with van der Waals surface area (Å²) in [6.07, 6.45) is 0.979. The number of nitrogens with one attached hydrogen (secondary N) is 2. The molecule has 3 rings (SSSR count). The fourth-order valence-electron chi connectivity index (χ4n) is 2.85. The van der Waals surface area contributed by atoms with E-state index in [1.54, 1.807) is 0 Å². The zero-order valence-electron chi connectivity index (χ0n) is 14.0. The second-order valence-corrected chi connectivity index (χ2v) is 6.14. The SMILES string of the molecule is O=C1CC[C@H](C(=O)N[C@@H](COc2ccccc2)c2ccccc2)CN1. The van der Waals surface area contributed by atoms with Gasteiger partial charge in [0.2, 0.25) is 11.8 Å². The number of carbonyl (C=O) groups is 2. The number of benzene rings is 2. The molecule has 0 radical (unpaired) electrons. The van der Waals surface area contributed by atoms with Gasteiger partial charge in [0.15, 0.2) is 0 Å². The molecule has 1 aliphatic heterocycles. The van der Waals surface area contributed by atoms with Crippen molar-refractivity contribution in [3.63, 3.8) is 0 Å². The summed E-state index contributed by atoms with van der Waals surface area (Å²) in [6.45, 7) is 0.741. The second-order valence-electron chi connectivity index (χ2n) is 6.14. The summed E-state index contributed by atoms with van der Waals surface area (Å²) in [5.41, 5.74) is 0.992. The molecule has 2 amide bonds. The number of carbonyl (C=O) groups excluding carboxylic acids is 2. The Morgan fingerprint density at radius 3 is 2.44 bits per heavy atom. The number of amides is 2. The summed E-state index contributed by atoms with van der Waals surface area (Å²) in [6, 6.07) is 19.1. The third-order valence-electron chi connectivity index (χ3n) is 4.31. The molecule has 1 heterocycles. The molecule has 1 saturated heterocycles. The average molecular weight is 338 g/mol. The van der Waals surface area contributed by atoms with Crippen molar-refractivity contribution < 1.29 is 14.3 Å². The minimum Gasteiger partial charge on any atom is -0.491 e. The Labute approximate surface area is 147 Å². The summed E-state index contributed by atoms with van der Waals surface area (Å²) < 4.78 is 5.84. The highest BCUT2D eigenvalue weighted by Gasteiger charge is 2.26. The molecule has 0 aliphatic carbocycles. The lowest BCUT2D eigenvalue weighted by Gasteiger charge is -2.25. The Kier molecular flexibility index (Phi) is 5.67. The van der Waals surface area contributed by atoms with Gasteiger partial charge >= 0.3 is 0 Å². The molecule has 2 atom stereocenters. The molecule has 0 bridgehead atoms. The van der Waals surface area contributed by atoms with E-state index in [-0.39, 0.29) is 23.8 Å². The van der Waals surface area contributed by atoms with Crippen LogP contribution in [0.3, 0.4) is 0 Å². The van der Waals surface area contributed by atoms with E-state index in [4.69, 9.17) is 4.74 Å². The van der Waals surface area contributed by atoms with Crippen molar-refractivity contribution in [2.75, 3.05) is 13.2 Å². The van der Waals surface area contributed by atoms with Crippen molar-refractivity contribution in [3.05, 3.63) is 66.2 Å².